The van der Waals surface area contributed by atoms with E-state index in [0.717, 1.165) is 43.0 Å². The van der Waals surface area contributed by atoms with E-state index in [1.165, 1.54) is 0 Å². The molecule has 4 rings (SSSR count). The zero-order valence-electron chi connectivity index (χ0n) is 16.2. The lowest BCUT2D eigenvalue weighted by molar-refractivity contribution is -0.137. The van der Waals surface area contributed by atoms with Gasteiger partial charge in [0.15, 0.2) is 0 Å². The molecule has 3 aromatic rings. The predicted octanol–water partition coefficient (Wildman–Crippen LogP) is 1.63. The first-order valence-corrected chi connectivity index (χ1v) is 9.59. The summed E-state index contributed by atoms with van der Waals surface area (Å²) in [5.74, 6) is 1.06. The summed E-state index contributed by atoms with van der Waals surface area (Å²) in [6, 6.07) is 8.70. The van der Waals surface area contributed by atoms with Gasteiger partial charge in [-0.15, -0.1) is 0 Å². The minimum atomic E-state index is -0.923. The second-order valence-electron chi connectivity index (χ2n) is 7.02. The number of nitrogens with zero attached hydrogens (tertiary/aromatic N) is 6. The van der Waals surface area contributed by atoms with Gasteiger partial charge in [0.25, 0.3) is 0 Å². The van der Waals surface area contributed by atoms with Gasteiger partial charge in [-0.25, -0.2) is 19.9 Å². The van der Waals surface area contributed by atoms with Crippen molar-refractivity contribution in [3.8, 4) is 0 Å². The van der Waals surface area contributed by atoms with Crippen molar-refractivity contribution in [1.82, 2.24) is 24.8 Å². The molecular formula is C20H23N7O2. The van der Waals surface area contributed by atoms with Gasteiger partial charge in [0.05, 0.1) is 12.1 Å². The number of aliphatic carboxylic acids is 1. The van der Waals surface area contributed by atoms with Gasteiger partial charge in [0.1, 0.15) is 17.7 Å². The molecule has 1 aliphatic rings. The SMILES string of the molecule is CC(Nc1nc(CN2CCN(c3ncccn3)CC2)nc2ccccc12)C(=O)O. The van der Waals surface area contributed by atoms with Crippen molar-refractivity contribution in [3.05, 3.63) is 48.5 Å². The third-order valence-electron chi connectivity index (χ3n) is 4.95. The molecule has 1 aromatic carbocycles. The summed E-state index contributed by atoms with van der Waals surface area (Å²) in [7, 11) is 0. The van der Waals surface area contributed by atoms with Gasteiger partial charge in [-0.1, -0.05) is 12.1 Å². The maximum Gasteiger partial charge on any atom is 0.325 e. The third-order valence-corrected chi connectivity index (χ3v) is 4.95. The number of anilines is 2. The molecule has 2 N–H and O–H groups in total. The van der Waals surface area contributed by atoms with E-state index in [2.05, 4.69) is 35.1 Å². The fraction of sp³-hybridized carbons (Fsp3) is 0.350. The van der Waals surface area contributed by atoms with Crippen LogP contribution in [0.1, 0.15) is 12.7 Å². The van der Waals surface area contributed by atoms with Gasteiger partial charge in [-0.2, -0.15) is 0 Å². The van der Waals surface area contributed by atoms with E-state index in [9.17, 15) is 9.90 Å². The molecule has 0 aliphatic carbocycles. The number of hydrogen-bond acceptors (Lipinski definition) is 8. The van der Waals surface area contributed by atoms with Crippen molar-refractivity contribution < 1.29 is 9.90 Å². The van der Waals surface area contributed by atoms with Crippen LogP contribution in [0.2, 0.25) is 0 Å². The Kier molecular flexibility index (Phi) is 5.48. The quantitative estimate of drug-likeness (QED) is 0.646. The highest BCUT2D eigenvalue weighted by Gasteiger charge is 2.21. The highest BCUT2D eigenvalue weighted by molar-refractivity contribution is 5.90. The van der Waals surface area contributed by atoms with Gasteiger partial charge >= 0.3 is 5.97 Å². The molecule has 1 saturated heterocycles. The number of rotatable bonds is 6. The van der Waals surface area contributed by atoms with Crippen LogP contribution in [0.4, 0.5) is 11.8 Å². The average Bonchev–Trinajstić information content (AvgIpc) is 2.75. The van der Waals surface area contributed by atoms with Crippen molar-refractivity contribution in [2.45, 2.75) is 19.5 Å². The van der Waals surface area contributed by atoms with Crippen LogP contribution >= 0.6 is 0 Å². The largest absolute Gasteiger partial charge is 0.480 e. The lowest BCUT2D eigenvalue weighted by atomic mass is 10.2. The Morgan fingerprint density at radius 2 is 1.83 bits per heavy atom. The molecular weight excluding hydrogens is 370 g/mol. The molecule has 9 nitrogen and oxygen atoms in total. The average molecular weight is 393 g/mol. The summed E-state index contributed by atoms with van der Waals surface area (Å²) in [4.78, 5) is 33.7. The summed E-state index contributed by atoms with van der Waals surface area (Å²) in [6.07, 6.45) is 3.51. The van der Waals surface area contributed by atoms with Gasteiger partial charge < -0.3 is 15.3 Å². The Balaban J connectivity index is 1.49. The molecule has 0 bridgehead atoms. The Morgan fingerprint density at radius 1 is 1.10 bits per heavy atom. The normalized spacial score (nSPS) is 16.0. The Hall–Kier alpha value is -3.33. The van der Waals surface area contributed by atoms with Crippen LogP contribution in [0.25, 0.3) is 10.9 Å². The summed E-state index contributed by atoms with van der Waals surface area (Å²) >= 11 is 0. The van der Waals surface area contributed by atoms with Gasteiger partial charge in [0.2, 0.25) is 5.95 Å². The highest BCUT2D eigenvalue weighted by atomic mass is 16.4. The molecule has 0 radical (unpaired) electrons. The van der Waals surface area contributed by atoms with E-state index in [-0.39, 0.29) is 0 Å². The Morgan fingerprint density at radius 3 is 2.55 bits per heavy atom. The van der Waals surface area contributed by atoms with E-state index in [1.54, 1.807) is 19.3 Å². The molecule has 1 fully saturated rings. The Bertz CT molecular complexity index is 991. The number of benzene rings is 1. The van der Waals surface area contributed by atoms with E-state index >= 15 is 0 Å². The number of carbonyl (C=O) groups is 1. The topological polar surface area (TPSA) is 107 Å². The summed E-state index contributed by atoms with van der Waals surface area (Å²) < 4.78 is 0. The summed E-state index contributed by atoms with van der Waals surface area (Å²) in [5.41, 5.74) is 0.800. The van der Waals surface area contributed by atoms with Crippen molar-refractivity contribution in [1.29, 1.82) is 0 Å². The Labute approximate surface area is 168 Å². The molecule has 9 heteroatoms. The molecule has 29 heavy (non-hydrogen) atoms. The molecule has 1 atom stereocenters. The second kappa shape index (κ2) is 8.36. The van der Waals surface area contributed by atoms with Crippen LogP contribution in [0.15, 0.2) is 42.7 Å². The number of piperazine rings is 1. The number of aromatic nitrogens is 4. The highest BCUT2D eigenvalue weighted by Crippen LogP contribution is 2.22. The first-order valence-electron chi connectivity index (χ1n) is 9.59. The van der Waals surface area contributed by atoms with E-state index in [1.807, 2.05) is 30.3 Å². The van der Waals surface area contributed by atoms with Crippen LogP contribution < -0.4 is 10.2 Å². The number of para-hydroxylation sites is 1. The van der Waals surface area contributed by atoms with Crippen LogP contribution in [-0.2, 0) is 11.3 Å². The number of nitrogens with one attached hydrogen (secondary N) is 1. The first-order chi connectivity index (χ1) is 14.1. The fourth-order valence-corrected chi connectivity index (χ4v) is 3.33. The molecule has 3 heterocycles. The molecule has 0 saturated carbocycles. The molecule has 2 aromatic heterocycles. The lowest BCUT2D eigenvalue weighted by Gasteiger charge is -2.34. The van der Waals surface area contributed by atoms with Gasteiger partial charge in [-0.05, 0) is 25.1 Å². The van der Waals surface area contributed by atoms with E-state index < -0.39 is 12.0 Å². The maximum atomic E-state index is 11.3. The molecule has 150 valence electrons. The second-order valence-corrected chi connectivity index (χ2v) is 7.02. The predicted molar refractivity (Wildman–Crippen MR) is 110 cm³/mol. The maximum absolute atomic E-state index is 11.3. The summed E-state index contributed by atoms with van der Waals surface area (Å²) in [5, 5.41) is 13.0. The smallest absolute Gasteiger partial charge is 0.325 e. The van der Waals surface area contributed by atoms with Crippen LogP contribution in [-0.4, -0.2) is 68.1 Å². The standard InChI is InChI=1S/C20H23N7O2/c1-14(19(28)29)23-18-15-5-2-3-6-16(15)24-17(25-18)13-26-9-11-27(12-10-26)20-21-7-4-8-22-20/h2-8,14H,9-13H2,1H3,(H,28,29)(H,23,24,25). The minimum Gasteiger partial charge on any atom is -0.480 e. The minimum absolute atomic E-state index is 0.553. The lowest BCUT2D eigenvalue weighted by Crippen LogP contribution is -2.46. The number of fused-ring (bicyclic) bond motifs is 1. The van der Waals surface area contributed by atoms with Gasteiger partial charge in [0, 0.05) is 44.0 Å². The monoisotopic (exact) mass is 393 g/mol. The molecule has 1 unspecified atom stereocenters. The van der Waals surface area contributed by atoms with Crippen molar-refractivity contribution >= 4 is 28.6 Å². The zero-order chi connectivity index (χ0) is 20.2. The number of hydrogen-bond donors (Lipinski definition) is 2. The van der Waals surface area contributed by atoms with Gasteiger partial charge in [-0.3, -0.25) is 9.69 Å². The van der Waals surface area contributed by atoms with Crippen LogP contribution in [0.3, 0.4) is 0 Å². The third kappa shape index (κ3) is 4.40. The number of carboxylic acids is 1. The van der Waals surface area contributed by atoms with Crippen molar-refractivity contribution in [2.24, 2.45) is 0 Å². The van der Waals surface area contributed by atoms with Crippen LogP contribution in [0, 0.1) is 0 Å². The molecule has 1 aliphatic heterocycles. The van der Waals surface area contributed by atoms with Crippen LogP contribution in [0.5, 0.6) is 0 Å². The van der Waals surface area contributed by atoms with E-state index in [0.29, 0.717) is 18.2 Å². The molecule has 0 spiro atoms. The molecule has 0 amide bonds. The first kappa shape index (κ1) is 19.0. The number of carboxylic acid groups (broad SMARTS) is 1. The van der Waals surface area contributed by atoms with Crippen molar-refractivity contribution in [3.63, 3.8) is 0 Å². The zero-order valence-corrected chi connectivity index (χ0v) is 16.2. The van der Waals surface area contributed by atoms with E-state index in [4.69, 9.17) is 0 Å². The van der Waals surface area contributed by atoms with Crippen molar-refractivity contribution in [2.75, 3.05) is 36.4 Å². The fourth-order valence-electron chi connectivity index (χ4n) is 3.33. The summed E-state index contributed by atoms with van der Waals surface area (Å²) in [6.45, 7) is 5.57.